The number of rotatable bonds is 4. The van der Waals surface area contributed by atoms with Crippen molar-refractivity contribution in [2.45, 2.75) is 32.2 Å². The summed E-state index contributed by atoms with van der Waals surface area (Å²) in [5, 5.41) is 15.1. The highest BCUT2D eigenvalue weighted by atomic mass is 19.4. The van der Waals surface area contributed by atoms with Crippen LogP contribution in [0.15, 0.2) is 29.4 Å². The van der Waals surface area contributed by atoms with Gasteiger partial charge in [-0.1, -0.05) is 6.07 Å². The predicted octanol–water partition coefficient (Wildman–Crippen LogP) is 2.55. The Morgan fingerprint density at radius 2 is 2.12 bits per heavy atom. The summed E-state index contributed by atoms with van der Waals surface area (Å²) in [5.74, 6) is -1.49. The number of carbonyl (C=O) groups is 1. The standard InChI is InChI=1S/C15H16F3N3O3/c1-14(13(22)23)11(8-5-6-8)21(20-12(14)19)9-3-2-4-10(7-9)24-15(16,17)18/h2-4,7-8,11H,5-6H2,1H3,(H2,19,20)(H,22,23). The maximum atomic E-state index is 12.4. The molecule has 1 fully saturated rings. The molecule has 1 aromatic rings. The van der Waals surface area contributed by atoms with E-state index in [1.165, 1.54) is 30.1 Å². The number of hydrazone groups is 1. The van der Waals surface area contributed by atoms with Crippen molar-refractivity contribution >= 4 is 17.5 Å². The zero-order valence-corrected chi connectivity index (χ0v) is 12.7. The minimum atomic E-state index is -4.81. The smallest absolute Gasteiger partial charge is 0.480 e. The first-order valence-corrected chi connectivity index (χ1v) is 7.36. The van der Waals surface area contributed by atoms with Crippen molar-refractivity contribution < 1.29 is 27.8 Å². The molecule has 0 saturated heterocycles. The molecule has 9 heteroatoms. The molecule has 0 aromatic heterocycles. The number of carboxylic acid groups (broad SMARTS) is 1. The molecule has 3 N–H and O–H groups in total. The Kier molecular flexibility index (Phi) is 3.61. The lowest BCUT2D eigenvalue weighted by Gasteiger charge is -2.32. The molecule has 0 radical (unpaired) electrons. The molecule has 2 atom stereocenters. The minimum absolute atomic E-state index is 0.0611. The van der Waals surface area contributed by atoms with Crippen molar-refractivity contribution in [3.05, 3.63) is 24.3 Å². The number of alkyl halides is 3. The highest BCUT2D eigenvalue weighted by Crippen LogP contribution is 2.48. The van der Waals surface area contributed by atoms with Gasteiger partial charge in [-0.05, 0) is 37.8 Å². The van der Waals surface area contributed by atoms with Gasteiger partial charge in [-0.2, -0.15) is 5.10 Å². The van der Waals surface area contributed by atoms with Crippen molar-refractivity contribution in [2.75, 3.05) is 5.01 Å². The molecule has 1 heterocycles. The number of carboxylic acids is 1. The Bertz CT molecular complexity index is 703. The molecular formula is C15H16F3N3O3. The van der Waals surface area contributed by atoms with E-state index in [0.717, 1.165) is 12.8 Å². The van der Waals surface area contributed by atoms with Crippen LogP contribution in [0.2, 0.25) is 0 Å². The van der Waals surface area contributed by atoms with Crippen LogP contribution in [0.25, 0.3) is 0 Å². The van der Waals surface area contributed by atoms with E-state index in [0.29, 0.717) is 5.69 Å². The quantitative estimate of drug-likeness (QED) is 0.877. The van der Waals surface area contributed by atoms with Gasteiger partial charge in [0, 0.05) is 6.07 Å². The molecule has 0 bridgehead atoms. The monoisotopic (exact) mass is 343 g/mol. The van der Waals surface area contributed by atoms with Gasteiger partial charge in [0.25, 0.3) is 0 Å². The van der Waals surface area contributed by atoms with Gasteiger partial charge in [0.05, 0.1) is 11.7 Å². The molecule has 1 aliphatic heterocycles. The molecule has 2 unspecified atom stereocenters. The molecule has 2 aliphatic rings. The number of amidine groups is 1. The van der Waals surface area contributed by atoms with Gasteiger partial charge in [-0.15, -0.1) is 13.2 Å². The van der Waals surface area contributed by atoms with E-state index in [2.05, 4.69) is 9.84 Å². The molecule has 1 saturated carbocycles. The fourth-order valence-electron chi connectivity index (χ4n) is 3.04. The Labute approximate surface area is 135 Å². The third-order valence-electron chi connectivity index (χ3n) is 4.43. The Hall–Kier alpha value is -2.45. The normalized spacial score (nSPS) is 27.1. The molecular weight excluding hydrogens is 327 g/mol. The first kappa shape index (κ1) is 16.4. The van der Waals surface area contributed by atoms with E-state index in [4.69, 9.17) is 5.73 Å². The first-order chi connectivity index (χ1) is 11.1. The average Bonchev–Trinajstić information content (AvgIpc) is 3.25. The zero-order chi connectivity index (χ0) is 17.7. The van der Waals surface area contributed by atoms with E-state index in [1.54, 1.807) is 6.07 Å². The third kappa shape index (κ3) is 2.74. The Morgan fingerprint density at radius 3 is 2.67 bits per heavy atom. The second kappa shape index (κ2) is 5.29. The lowest BCUT2D eigenvalue weighted by Crippen LogP contribution is -2.51. The van der Waals surface area contributed by atoms with Gasteiger partial charge >= 0.3 is 12.3 Å². The molecule has 0 spiro atoms. The van der Waals surface area contributed by atoms with E-state index >= 15 is 0 Å². The van der Waals surface area contributed by atoms with Crippen molar-refractivity contribution in [2.24, 2.45) is 22.2 Å². The van der Waals surface area contributed by atoms with Crippen molar-refractivity contribution in [1.82, 2.24) is 0 Å². The number of nitrogens with two attached hydrogens (primary N) is 1. The lowest BCUT2D eigenvalue weighted by atomic mass is 9.79. The van der Waals surface area contributed by atoms with Gasteiger partial charge in [-0.3, -0.25) is 9.80 Å². The van der Waals surface area contributed by atoms with Crippen LogP contribution in [0.4, 0.5) is 18.9 Å². The topological polar surface area (TPSA) is 88.1 Å². The number of hydrogen-bond acceptors (Lipinski definition) is 5. The second-order valence-electron chi connectivity index (χ2n) is 6.16. The van der Waals surface area contributed by atoms with Crippen LogP contribution < -0.4 is 15.5 Å². The fourth-order valence-corrected chi connectivity index (χ4v) is 3.04. The third-order valence-corrected chi connectivity index (χ3v) is 4.43. The van der Waals surface area contributed by atoms with E-state index in [1.807, 2.05) is 0 Å². The van der Waals surface area contributed by atoms with Gasteiger partial charge in [0.1, 0.15) is 17.0 Å². The Morgan fingerprint density at radius 1 is 1.46 bits per heavy atom. The summed E-state index contributed by atoms with van der Waals surface area (Å²) < 4.78 is 41.1. The number of hydrogen-bond donors (Lipinski definition) is 2. The summed E-state index contributed by atoms with van der Waals surface area (Å²) in [6.45, 7) is 1.49. The van der Waals surface area contributed by atoms with Gasteiger partial charge in [0.2, 0.25) is 0 Å². The number of nitrogens with zero attached hydrogens (tertiary/aromatic N) is 2. The van der Waals surface area contributed by atoms with Crippen LogP contribution in [0, 0.1) is 11.3 Å². The maximum Gasteiger partial charge on any atom is 0.573 e. The highest BCUT2D eigenvalue weighted by molar-refractivity contribution is 6.07. The minimum Gasteiger partial charge on any atom is -0.480 e. The number of benzene rings is 1. The van der Waals surface area contributed by atoms with E-state index < -0.39 is 29.5 Å². The molecule has 1 aliphatic carbocycles. The summed E-state index contributed by atoms with van der Waals surface area (Å²) >= 11 is 0. The summed E-state index contributed by atoms with van der Waals surface area (Å²) in [6, 6.07) is 4.73. The average molecular weight is 343 g/mol. The summed E-state index contributed by atoms with van der Waals surface area (Å²) in [7, 11) is 0. The lowest BCUT2D eigenvalue weighted by molar-refractivity contribution is -0.274. The molecule has 3 rings (SSSR count). The van der Waals surface area contributed by atoms with Gasteiger partial charge < -0.3 is 15.6 Å². The molecule has 130 valence electrons. The zero-order valence-electron chi connectivity index (χ0n) is 12.7. The fraction of sp³-hybridized carbons (Fsp3) is 0.467. The SMILES string of the molecule is CC1(C(=O)O)C(N)=NN(c2cccc(OC(F)(F)F)c2)C1C1CC1. The summed E-state index contributed by atoms with van der Waals surface area (Å²) in [5.41, 5.74) is 4.77. The van der Waals surface area contributed by atoms with Gasteiger partial charge in [0.15, 0.2) is 0 Å². The maximum absolute atomic E-state index is 12.4. The molecule has 1 aromatic carbocycles. The van der Waals surface area contributed by atoms with Crippen molar-refractivity contribution in [1.29, 1.82) is 0 Å². The number of aliphatic carboxylic acids is 1. The van der Waals surface area contributed by atoms with Crippen LogP contribution >= 0.6 is 0 Å². The molecule has 6 nitrogen and oxygen atoms in total. The van der Waals surface area contributed by atoms with Crippen LogP contribution in [0.3, 0.4) is 0 Å². The van der Waals surface area contributed by atoms with Gasteiger partial charge in [-0.25, -0.2) is 0 Å². The predicted molar refractivity (Wildman–Crippen MR) is 79.5 cm³/mol. The van der Waals surface area contributed by atoms with E-state index in [-0.39, 0.29) is 11.8 Å². The van der Waals surface area contributed by atoms with Crippen LogP contribution in [-0.2, 0) is 4.79 Å². The van der Waals surface area contributed by atoms with Crippen molar-refractivity contribution in [3.63, 3.8) is 0 Å². The van der Waals surface area contributed by atoms with Crippen LogP contribution in [0.5, 0.6) is 5.75 Å². The largest absolute Gasteiger partial charge is 0.573 e. The van der Waals surface area contributed by atoms with E-state index in [9.17, 15) is 23.1 Å². The summed E-state index contributed by atoms with van der Waals surface area (Å²) in [6.07, 6.45) is -3.16. The van der Waals surface area contributed by atoms with Crippen LogP contribution in [-0.4, -0.2) is 29.3 Å². The molecule has 0 amide bonds. The Balaban J connectivity index is 1.97. The summed E-state index contributed by atoms with van der Waals surface area (Å²) in [4.78, 5) is 11.7. The van der Waals surface area contributed by atoms with Crippen LogP contribution in [0.1, 0.15) is 19.8 Å². The molecule has 24 heavy (non-hydrogen) atoms. The number of ether oxygens (including phenoxy) is 1. The van der Waals surface area contributed by atoms with Crippen molar-refractivity contribution in [3.8, 4) is 5.75 Å². The number of anilines is 1. The number of halogens is 3. The first-order valence-electron chi connectivity index (χ1n) is 7.36. The highest BCUT2D eigenvalue weighted by Gasteiger charge is 2.58. The second-order valence-corrected chi connectivity index (χ2v) is 6.16.